The van der Waals surface area contributed by atoms with Gasteiger partial charge < -0.3 is 9.84 Å². The van der Waals surface area contributed by atoms with Crippen LogP contribution in [0.15, 0.2) is 36.4 Å². The number of hydrogen-bond acceptors (Lipinski definition) is 2. The smallest absolute Gasteiger partial charge is 0.132 e. The summed E-state index contributed by atoms with van der Waals surface area (Å²) in [5.74, 6) is -0.620. The monoisotopic (exact) mass is 278 g/mol. The molecule has 2 rings (SSSR count). The summed E-state index contributed by atoms with van der Waals surface area (Å²) in [5.41, 5.74) is 1.94. The van der Waals surface area contributed by atoms with Crippen molar-refractivity contribution in [1.29, 1.82) is 0 Å². The highest BCUT2D eigenvalue weighted by atomic mass is 19.1. The van der Waals surface area contributed by atoms with E-state index in [1.807, 2.05) is 13.0 Å². The normalized spacial score (nSPS) is 12.2. The lowest BCUT2D eigenvalue weighted by Crippen LogP contribution is -2.01. The molecular formula is C16H16F2O2. The number of ether oxygens (including phenoxy) is 1. The van der Waals surface area contributed by atoms with Crippen molar-refractivity contribution >= 4 is 0 Å². The summed E-state index contributed by atoms with van der Waals surface area (Å²) < 4.78 is 31.8. The van der Waals surface area contributed by atoms with Crippen molar-refractivity contribution in [3.8, 4) is 5.75 Å². The Morgan fingerprint density at radius 2 is 1.90 bits per heavy atom. The van der Waals surface area contributed by atoms with Crippen molar-refractivity contribution in [3.05, 3.63) is 64.7 Å². The molecule has 0 fully saturated rings. The van der Waals surface area contributed by atoms with Crippen LogP contribution < -0.4 is 4.74 Å². The molecule has 0 saturated carbocycles. The van der Waals surface area contributed by atoms with Crippen LogP contribution in [0.25, 0.3) is 0 Å². The summed E-state index contributed by atoms with van der Waals surface area (Å²) in [4.78, 5) is 0. The second-order valence-electron chi connectivity index (χ2n) is 4.73. The zero-order valence-electron chi connectivity index (χ0n) is 11.4. The third-order valence-corrected chi connectivity index (χ3v) is 3.08. The van der Waals surface area contributed by atoms with E-state index in [4.69, 9.17) is 4.74 Å². The Bertz CT molecular complexity index is 609. The van der Waals surface area contributed by atoms with Gasteiger partial charge in [0.1, 0.15) is 24.0 Å². The molecule has 0 aliphatic carbocycles. The summed E-state index contributed by atoms with van der Waals surface area (Å²) >= 11 is 0. The largest absolute Gasteiger partial charge is 0.489 e. The van der Waals surface area contributed by atoms with Crippen LogP contribution in [0.5, 0.6) is 5.75 Å². The average Bonchev–Trinajstić information content (AvgIpc) is 2.38. The van der Waals surface area contributed by atoms with E-state index in [1.54, 1.807) is 19.1 Å². The first kappa shape index (κ1) is 14.5. The minimum absolute atomic E-state index is 0.0287. The zero-order chi connectivity index (χ0) is 14.7. The van der Waals surface area contributed by atoms with Gasteiger partial charge in [0.05, 0.1) is 6.10 Å². The zero-order valence-corrected chi connectivity index (χ0v) is 11.4. The molecule has 0 aliphatic heterocycles. The van der Waals surface area contributed by atoms with Crippen LogP contribution in [0.1, 0.15) is 29.7 Å². The number of aryl methyl sites for hydroxylation is 1. The summed E-state index contributed by atoms with van der Waals surface area (Å²) in [6, 6.07) is 8.71. The molecule has 1 N–H and O–H groups in total. The fraction of sp³-hybridized carbons (Fsp3) is 0.250. The van der Waals surface area contributed by atoms with Gasteiger partial charge in [-0.05, 0) is 49.2 Å². The SMILES string of the molecule is Cc1cc([C@@H](C)O)ccc1OCc1ccc(F)cc1F. The van der Waals surface area contributed by atoms with Crippen molar-refractivity contribution < 1.29 is 18.6 Å². The summed E-state index contributed by atoms with van der Waals surface area (Å²) in [6.07, 6.45) is -0.544. The van der Waals surface area contributed by atoms with Crippen molar-refractivity contribution in [2.24, 2.45) is 0 Å². The number of halogens is 2. The first-order valence-electron chi connectivity index (χ1n) is 6.32. The maximum atomic E-state index is 13.5. The Kier molecular flexibility index (Phi) is 4.35. The average molecular weight is 278 g/mol. The molecule has 2 aromatic rings. The van der Waals surface area contributed by atoms with Gasteiger partial charge in [0.2, 0.25) is 0 Å². The third-order valence-electron chi connectivity index (χ3n) is 3.08. The molecule has 0 heterocycles. The van der Waals surface area contributed by atoms with Crippen LogP contribution in [0.2, 0.25) is 0 Å². The third kappa shape index (κ3) is 3.33. The summed E-state index contributed by atoms with van der Waals surface area (Å²) in [6.45, 7) is 3.56. The number of rotatable bonds is 4. The van der Waals surface area contributed by atoms with Crippen LogP contribution in [-0.2, 0) is 6.61 Å². The molecule has 0 bridgehead atoms. The van der Waals surface area contributed by atoms with Gasteiger partial charge in [-0.15, -0.1) is 0 Å². The lowest BCUT2D eigenvalue weighted by atomic mass is 10.1. The second kappa shape index (κ2) is 6.01. The molecule has 2 aromatic carbocycles. The van der Waals surface area contributed by atoms with Crippen molar-refractivity contribution in [3.63, 3.8) is 0 Å². The lowest BCUT2D eigenvalue weighted by Gasteiger charge is -2.12. The Balaban J connectivity index is 2.11. The number of hydrogen-bond donors (Lipinski definition) is 1. The molecule has 1 atom stereocenters. The quantitative estimate of drug-likeness (QED) is 0.919. The molecule has 2 nitrogen and oxygen atoms in total. The molecular weight excluding hydrogens is 262 g/mol. The van der Waals surface area contributed by atoms with Crippen LogP contribution in [0.4, 0.5) is 8.78 Å². The molecule has 0 unspecified atom stereocenters. The molecule has 4 heteroatoms. The fourth-order valence-corrected chi connectivity index (χ4v) is 1.89. The molecule has 0 saturated heterocycles. The molecule has 0 aromatic heterocycles. The van der Waals surface area contributed by atoms with E-state index in [0.717, 1.165) is 17.2 Å². The van der Waals surface area contributed by atoms with Gasteiger partial charge in [0, 0.05) is 11.6 Å². The molecule has 0 spiro atoms. The second-order valence-corrected chi connectivity index (χ2v) is 4.73. The molecule has 20 heavy (non-hydrogen) atoms. The summed E-state index contributed by atoms with van der Waals surface area (Å²) in [7, 11) is 0. The first-order chi connectivity index (χ1) is 9.47. The van der Waals surface area contributed by atoms with Gasteiger partial charge >= 0.3 is 0 Å². The van der Waals surface area contributed by atoms with Gasteiger partial charge in [0.15, 0.2) is 0 Å². The lowest BCUT2D eigenvalue weighted by molar-refractivity contribution is 0.199. The van der Waals surface area contributed by atoms with E-state index in [9.17, 15) is 13.9 Å². The topological polar surface area (TPSA) is 29.5 Å². The highest BCUT2D eigenvalue weighted by molar-refractivity contribution is 5.37. The molecule has 0 aliphatic rings. The molecule has 0 radical (unpaired) electrons. The minimum Gasteiger partial charge on any atom is -0.489 e. The van der Waals surface area contributed by atoms with Crippen molar-refractivity contribution in [2.75, 3.05) is 0 Å². The highest BCUT2D eigenvalue weighted by Crippen LogP contribution is 2.24. The van der Waals surface area contributed by atoms with Crippen molar-refractivity contribution in [2.45, 2.75) is 26.6 Å². The van der Waals surface area contributed by atoms with Gasteiger partial charge in [-0.3, -0.25) is 0 Å². The Morgan fingerprint density at radius 1 is 1.15 bits per heavy atom. The van der Waals surface area contributed by atoms with Crippen molar-refractivity contribution in [1.82, 2.24) is 0 Å². The van der Waals surface area contributed by atoms with Gasteiger partial charge in [-0.2, -0.15) is 0 Å². The van der Waals surface area contributed by atoms with E-state index in [1.165, 1.54) is 12.1 Å². The maximum absolute atomic E-state index is 13.5. The van der Waals surface area contributed by atoms with E-state index >= 15 is 0 Å². The molecule has 0 amide bonds. The van der Waals surface area contributed by atoms with E-state index < -0.39 is 17.7 Å². The fourth-order valence-electron chi connectivity index (χ4n) is 1.89. The minimum atomic E-state index is -0.622. The van der Waals surface area contributed by atoms with Crippen LogP contribution >= 0.6 is 0 Å². The van der Waals surface area contributed by atoms with Crippen LogP contribution in [0.3, 0.4) is 0 Å². The number of benzene rings is 2. The van der Waals surface area contributed by atoms with Gasteiger partial charge in [0.25, 0.3) is 0 Å². The van der Waals surface area contributed by atoms with E-state index in [-0.39, 0.29) is 6.61 Å². The van der Waals surface area contributed by atoms with Gasteiger partial charge in [-0.25, -0.2) is 8.78 Å². The van der Waals surface area contributed by atoms with Crippen LogP contribution in [-0.4, -0.2) is 5.11 Å². The predicted molar refractivity (Wildman–Crippen MR) is 72.5 cm³/mol. The standard InChI is InChI=1S/C16H16F2O2/c1-10-7-12(11(2)19)4-6-16(10)20-9-13-3-5-14(17)8-15(13)18/h3-8,11,19H,9H2,1-2H3/t11-/m1/s1. The predicted octanol–water partition coefficient (Wildman–Crippen LogP) is 3.91. The van der Waals surface area contributed by atoms with Crippen LogP contribution in [0, 0.1) is 18.6 Å². The number of aliphatic hydroxyl groups is 1. The van der Waals surface area contributed by atoms with E-state index in [0.29, 0.717) is 11.3 Å². The Morgan fingerprint density at radius 3 is 2.50 bits per heavy atom. The van der Waals surface area contributed by atoms with E-state index in [2.05, 4.69) is 0 Å². The first-order valence-corrected chi connectivity index (χ1v) is 6.32. The van der Waals surface area contributed by atoms with Gasteiger partial charge in [-0.1, -0.05) is 6.07 Å². The number of aliphatic hydroxyl groups excluding tert-OH is 1. The summed E-state index contributed by atoms with van der Waals surface area (Å²) in [5, 5.41) is 9.48. The Hall–Kier alpha value is -1.94. The highest BCUT2D eigenvalue weighted by Gasteiger charge is 2.08. The Labute approximate surface area is 116 Å². The maximum Gasteiger partial charge on any atom is 0.132 e. The molecule has 106 valence electrons.